The Hall–Kier alpha value is -2.16. The van der Waals surface area contributed by atoms with Gasteiger partial charge in [0.25, 0.3) is 5.56 Å². The fourth-order valence-corrected chi connectivity index (χ4v) is 5.05. The maximum Gasteiger partial charge on any atom is 0.282 e. The number of thioether (sulfide) groups is 1. The van der Waals surface area contributed by atoms with Crippen LogP contribution in [0, 0.1) is 6.92 Å². The second-order valence-corrected chi connectivity index (χ2v) is 8.27. The molecule has 3 aromatic heterocycles. The minimum absolute atomic E-state index is 0.220. The SMILES string of the molecule is Cc1nc(CSc2nc3scc(-c4ccccc4)c3c(=O)n2N)cs1. The van der Waals surface area contributed by atoms with Crippen LogP contribution in [0.3, 0.4) is 0 Å². The summed E-state index contributed by atoms with van der Waals surface area (Å²) in [5.41, 5.74) is 2.62. The van der Waals surface area contributed by atoms with Gasteiger partial charge in [-0.3, -0.25) is 4.79 Å². The fraction of sp³-hybridized carbons (Fsp3) is 0.118. The van der Waals surface area contributed by atoms with Gasteiger partial charge in [0.05, 0.1) is 16.1 Å². The van der Waals surface area contributed by atoms with Crippen LogP contribution < -0.4 is 11.4 Å². The number of hydrogen-bond acceptors (Lipinski definition) is 7. The first-order valence-electron chi connectivity index (χ1n) is 7.52. The van der Waals surface area contributed by atoms with Crippen molar-refractivity contribution in [1.29, 1.82) is 0 Å². The number of nitrogen functional groups attached to an aromatic ring is 1. The highest BCUT2D eigenvalue weighted by atomic mass is 32.2. The molecule has 0 saturated carbocycles. The summed E-state index contributed by atoms with van der Waals surface area (Å²) in [6.07, 6.45) is 0. The van der Waals surface area contributed by atoms with E-state index < -0.39 is 0 Å². The summed E-state index contributed by atoms with van der Waals surface area (Å²) >= 11 is 4.50. The van der Waals surface area contributed by atoms with Crippen LogP contribution in [0.1, 0.15) is 10.7 Å². The van der Waals surface area contributed by atoms with Crippen LogP contribution in [-0.4, -0.2) is 14.6 Å². The van der Waals surface area contributed by atoms with E-state index in [4.69, 9.17) is 5.84 Å². The van der Waals surface area contributed by atoms with E-state index in [0.29, 0.717) is 21.1 Å². The van der Waals surface area contributed by atoms with Gasteiger partial charge in [0.2, 0.25) is 0 Å². The largest absolute Gasteiger partial charge is 0.334 e. The molecule has 25 heavy (non-hydrogen) atoms. The van der Waals surface area contributed by atoms with E-state index in [1.165, 1.54) is 23.1 Å². The highest BCUT2D eigenvalue weighted by molar-refractivity contribution is 7.98. The Labute approximate surface area is 156 Å². The Kier molecular flexibility index (Phi) is 4.32. The molecule has 0 atom stereocenters. The summed E-state index contributed by atoms with van der Waals surface area (Å²) in [7, 11) is 0. The van der Waals surface area contributed by atoms with Crippen LogP contribution in [0.15, 0.2) is 51.0 Å². The number of nitrogens with zero attached hydrogens (tertiary/aromatic N) is 3. The molecule has 4 rings (SSSR count). The first-order valence-corrected chi connectivity index (χ1v) is 10.3. The molecule has 3 heterocycles. The predicted octanol–water partition coefficient (Wildman–Crippen LogP) is 3.90. The molecule has 5 nitrogen and oxygen atoms in total. The molecule has 0 radical (unpaired) electrons. The quantitative estimate of drug-likeness (QED) is 0.327. The van der Waals surface area contributed by atoms with Crippen molar-refractivity contribution < 1.29 is 0 Å². The molecule has 4 aromatic rings. The molecular formula is C17H14N4OS3. The Bertz CT molecular complexity index is 1100. The number of aryl methyl sites for hydroxylation is 1. The fourth-order valence-electron chi connectivity index (χ4n) is 2.53. The first-order chi connectivity index (χ1) is 12.1. The topological polar surface area (TPSA) is 73.8 Å². The number of rotatable bonds is 4. The van der Waals surface area contributed by atoms with Crippen molar-refractivity contribution in [3.05, 3.63) is 62.1 Å². The Morgan fingerprint density at radius 2 is 1.96 bits per heavy atom. The lowest BCUT2D eigenvalue weighted by Crippen LogP contribution is -2.29. The molecule has 0 amide bonds. The van der Waals surface area contributed by atoms with E-state index in [9.17, 15) is 4.79 Å². The summed E-state index contributed by atoms with van der Waals surface area (Å²) in [6, 6.07) is 9.82. The normalized spacial score (nSPS) is 11.2. The molecule has 0 aliphatic rings. The summed E-state index contributed by atoms with van der Waals surface area (Å²) in [6.45, 7) is 1.97. The molecule has 8 heteroatoms. The minimum atomic E-state index is -0.220. The van der Waals surface area contributed by atoms with Gasteiger partial charge in [-0.25, -0.2) is 14.6 Å². The molecule has 0 saturated heterocycles. The van der Waals surface area contributed by atoms with Crippen molar-refractivity contribution in [2.45, 2.75) is 17.8 Å². The molecule has 0 aliphatic heterocycles. The molecule has 1 aromatic carbocycles. The highest BCUT2D eigenvalue weighted by Gasteiger charge is 2.16. The van der Waals surface area contributed by atoms with Gasteiger partial charge < -0.3 is 5.84 Å². The summed E-state index contributed by atoms with van der Waals surface area (Å²) in [5, 5.41) is 6.08. The monoisotopic (exact) mass is 386 g/mol. The standard InChI is InChI=1S/C17H14N4OS3/c1-10-19-12(7-23-10)8-25-17-20-15-14(16(22)21(17)18)13(9-24-15)11-5-3-2-4-6-11/h2-7,9H,8,18H2,1H3. The molecule has 126 valence electrons. The van der Waals surface area contributed by atoms with Crippen molar-refractivity contribution >= 4 is 44.7 Å². The van der Waals surface area contributed by atoms with Gasteiger partial charge in [0.15, 0.2) is 5.16 Å². The maximum absolute atomic E-state index is 12.8. The molecular weight excluding hydrogens is 372 g/mol. The predicted molar refractivity (Wildman–Crippen MR) is 106 cm³/mol. The van der Waals surface area contributed by atoms with Crippen molar-refractivity contribution in [1.82, 2.24) is 14.6 Å². The zero-order valence-electron chi connectivity index (χ0n) is 13.3. The van der Waals surface area contributed by atoms with Crippen molar-refractivity contribution in [2.24, 2.45) is 0 Å². The molecule has 2 N–H and O–H groups in total. The Morgan fingerprint density at radius 3 is 2.68 bits per heavy atom. The van der Waals surface area contributed by atoms with Crippen molar-refractivity contribution in [2.75, 3.05) is 5.84 Å². The van der Waals surface area contributed by atoms with Gasteiger partial charge in [-0.15, -0.1) is 22.7 Å². The molecule has 0 spiro atoms. The van der Waals surface area contributed by atoms with Gasteiger partial charge in [-0.05, 0) is 12.5 Å². The highest BCUT2D eigenvalue weighted by Crippen LogP contribution is 2.32. The average Bonchev–Trinajstić information content (AvgIpc) is 3.24. The molecule has 0 unspecified atom stereocenters. The van der Waals surface area contributed by atoms with Crippen molar-refractivity contribution in [3.63, 3.8) is 0 Å². The van der Waals surface area contributed by atoms with E-state index in [-0.39, 0.29) is 5.56 Å². The molecule has 0 aliphatic carbocycles. The zero-order valence-corrected chi connectivity index (χ0v) is 15.8. The van der Waals surface area contributed by atoms with Gasteiger partial charge in [0, 0.05) is 22.1 Å². The Morgan fingerprint density at radius 1 is 1.16 bits per heavy atom. The number of benzene rings is 1. The van der Waals surface area contributed by atoms with Crippen LogP contribution in [-0.2, 0) is 5.75 Å². The van der Waals surface area contributed by atoms with E-state index in [0.717, 1.165) is 26.5 Å². The lowest BCUT2D eigenvalue weighted by molar-refractivity contribution is 0.781. The van der Waals surface area contributed by atoms with Gasteiger partial charge >= 0.3 is 0 Å². The van der Waals surface area contributed by atoms with E-state index >= 15 is 0 Å². The number of nitrogens with two attached hydrogens (primary N) is 1. The maximum atomic E-state index is 12.8. The van der Waals surface area contributed by atoms with Gasteiger partial charge in [-0.1, -0.05) is 42.1 Å². The van der Waals surface area contributed by atoms with E-state index in [1.807, 2.05) is 48.0 Å². The summed E-state index contributed by atoms with van der Waals surface area (Å²) in [4.78, 5) is 22.5. The first kappa shape index (κ1) is 16.3. The number of thiazole rings is 1. The van der Waals surface area contributed by atoms with E-state index in [2.05, 4.69) is 9.97 Å². The van der Waals surface area contributed by atoms with Crippen LogP contribution in [0.5, 0.6) is 0 Å². The van der Waals surface area contributed by atoms with E-state index in [1.54, 1.807) is 11.3 Å². The van der Waals surface area contributed by atoms with Crippen LogP contribution in [0.25, 0.3) is 21.3 Å². The van der Waals surface area contributed by atoms with Crippen LogP contribution in [0.2, 0.25) is 0 Å². The van der Waals surface area contributed by atoms with Gasteiger partial charge in [-0.2, -0.15) is 0 Å². The Balaban J connectivity index is 1.74. The lowest BCUT2D eigenvalue weighted by atomic mass is 10.1. The third-order valence-electron chi connectivity index (χ3n) is 3.71. The number of thiophene rings is 1. The lowest BCUT2D eigenvalue weighted by Gasteiger charge is -2.07. The zero-order chi connectivity index (χ0) is 17.4. The van der Waals surface area contributed by atoms with Crippen LogP contribution >= 0.6 is 34.4 Å². The third-order valence-corrected chi connectivity index (χ3v) is 6.39. The molecule has 0 bridgehead atoms. The average molecular weight is 387 g/mol. The number of aromatic nitrogens is 3. The minimum Gasteiger partial charge on any atom is -0.334 e. The summed E-state index contributed by atoms with van der Waals surface area (Å²) in [5.74, 6) is 6.67. The smallest absolute Gasteiger partial charge is 0.282 e. The second kappa shape index (κ2) is 6.62. The summed E-state index contributed by atoms with van der Waals surface area (Å²) < 4.78 is 1.14. The third kappa shape index (κ3) is 3.08. The second-order valence-electron chi connectivity index (χ2n) is 5.41. The number of hydrogen-bond donors (Lipinski definition) is 1. The van der Waals surface area contributed by atoms with Crippen LogP contribution in [0.4, 0.5) is 0 Å². The van der Waals surface area contributed by atoms with Gasteiger partial charge in [0.1, 0.15) is 4.83 Å². The van der Waals surface area contributed by atoms with Crippen molar-refractivity contribution in [3.8, 4) is 11.1 Å². The number of fused-ring (bicyclic) bond motifs is 1. The molecule has 0 fully saturated rings.